The van der Waals surface area contributed by atoms with Gasteiger partial charge in [-0.2, -0.15) is 9.78 Å². The molecule has 0 amide bonds. The summed E-state index contributed by atoms with van der Waals surface area (Å²) in [5.41, 5.74) is -1.22. The predicted octanol–water partition coefficient (Wildman–Crippen LogP) is 5.59. The molecule has 0 aromatic heterocycles. The molecule has 1 N–H and O–H groups in total. The van der Waals surface area contributed by atoms with Gasteiger partial charge in [-0.05, 0) is 75.7 Å². The number of rotatable bonds is 10. The average molecular weight is 425 g/mol. The van der Waals surface area contributed by atoms with Gasteiger partial charge >= 0.3 is 5.97 Å². The summed E-state index contributed by atoms with van der Waals surface area (Å²) in [5, 5.41) is 8.70. The van der Waals surface area contributed by atoms with Crippen LogP contribution in [0.25, 0.3) is 0 Å². The highest BCUT2D eigenvalue weighted by atomic mass is 17.3. The van der Waals surface area contributed by atoms with Gasteiger partial charge in [0, 0.05) is 6.42 Å². The lowest BCUT2D eigenvalue weighted by atomic mass is 10.2. The van der Waals surface area contributed by atoms with Gasteiger partial charge in [0.05, 0.1) is 16.8 Å². The van der Waals surface area contributed by atoms with Crippen molar-refractivity contribution in [1.82, 2.24) is 0 Å². The highest BCUT2D eigenvalue weighted by Crippen LogP contribution is 2.24. The molecular weight excluding hydrogens is 380 g/mol. The summed E-state index contributed by atoms with van der Waals surface area (Å²) < 4.78 is 0. The van der Waals surface area contributed by atoms with Gasteiger partial charge < -0.3 is 5.11 Å². The summed E-state index contributed by atoms with van der Waals surface area (Å²) in [5.74, 6) is -1.87. The zero-order valence-electron chi connectivity index (χ0n) is 20.5. The molecule has 0 rings (SSSR count). The maximum Gasteiger partial charge on any atom is 0.336 e. The molecule has 0 saturated carbocycles. The zero-order valence-corrected chi connectivity index (χ0v) is 20.5. The third-order valence-corrected chi connectivity index (χ3v) is 2.82. The van der Waals surface area contributed by atoms with E-state index in [0.717, 1.165) is 6.42 Å². The Balaban J connectivity index is 0. The monoisotopic (exact) mass is 424 g/mol. The van der Waals surface area contributed by atoms with Gasteiger partial charge in [-0.1, -0.05) is 20.3 Å². The van der Waals surface area contributed by atoms with Crippen molar-refractivity contribution in [3.05, 3.63) is 0 Å². The standard InChI is InChI=1S/C12H26O4.C9H18O4/c1-9-12(8,15-13-10(2,3)4)16-14-11(5,6)7;1-5-6-7(8(10)11)12-13-9(2,3)4/h9H2,1-8H3;7H,5-6H2,1-4H3,(H,10,11). The van der Waals surface area contributed by atoms with Crippen LogP contribution in [0.4, 0.5) is 0 Å². The van der Waals surface area contributed by atoms with E-state index in [1.54, 1.807) is 27.7 Å². The van der Waals surface area contributed by atoms with Crippen molar-refractivity contribution in [3.8, 4) is 0 Å². The highest BCUT2D eigenvalue weighted by molar-refractivity contribution is 5.72. The maximum atomic E-state index is 10.6. The molecule has 29 heavy (non-hydrogen) atoms. The molecular formula is C21H44O8. The molecule has 0 radical (unpaired) electrons. The molecule has 1 atom stereocenters. The third-order valence-electron chi connectivity index (χ3n) is 2.82. The Kier molecular flexibility index (Phi) is 13.4. The molecule has 0 aromatic rings. The molecule has 0 aliphatic carbocycles. The Hall–Kier alpha value is -0.770. The Morgan fingerprint density at radius 3 is 1.34 bits per heavy atom. The van der Waals surface area contributed by atoms with E-state index in [1.165, 1.54) is 0 Å². The minimum Gasteiger partial charge on any atom is -0.479 e. The number of hydrogen-bond acceptors (Lipinski definition) is 7. The molecule has 1 unspecified atom stereocenters. The van der Waals surface area contributed by atoms with E-state index >= 15 is 0 Å². The Morgan fingerprint density at radius 1 is 0.724 bits per heavy atom. The SMILES string of the molecule is CCC(C)(OOC(C)(C)C)OOC(C)(C)C.CCCC(OOC(C)(C)C)C(=O)O. The number of carbonyl (C=O) groups is 1. The summed E-state index contributed by atoms with van der Waals surface area (Å²) in [7, 11) is 0. The summed E-state index contributed by atoms with van der Waals surface area (Å²) >= 11 is 0. The van der Waals surface area contributed by atoms with Crippen LogP contribution in [0.2, 0.25) is 0 Å². The van der Waals surface area contributed by atoms with Crippen LogP contribution in [0.5, 0.6) is 0 Å². The van der Waals surface area contributed by atoms with Crippen molar-refractivity contribution in [2.24, 2.45) is 0 Å². The lowest BCUT2D eigenvalue weighted by Gasteiger charge is -2.31. The second-order valence-electron chi connectivity index (χ2n) is 9.95. The van der Waals surface area contributed by atoms with Crippen LogP contribution in [0.1, 0.15) is 102 Å². The molecule has 0 heterocycles. The summed E-state index contributed by atoms with van der Waals surface area (Å²) in [6.07, 6.45) is 0.985. The summed E-state index contributed by atoms with van der Waals surface area (Å²) in [6, 6.07) is 0. The van der Waals surface area contributed by atoms with Gasteiger partial charge in [-0.3, -0.25) is 0 Å². The summed E-state index contributed by atoms with van der Waals surface area (Å²) in [6.45, 7) is 22.5. The van der Waals surface area contributed by atoms with Crippen molar-refractivity contribution in [2.45, 2.75) is 131 Å². The molecule has 0 fully saturated rings. The molecule has 0 spiro atoms. The van der Waals surface area contributed by atoms with Crippen LogP contribution >= 0.6 is 0 Å². The maximum absolute atomic E-state index is 10.6. The van der Waals surface area contributed by atoms with Crippen molar-refractivity contribution < 1.29 is 39.2 Å². The first-order valence-electron chi connectivity index (χ1n) is 10.1. The normalized spacial score (nSPS) is 14.2. The molecule has 0 aromatic carbocycles. The third kappa shape index (κ3) is 20.3. The second-order valence-corrected chi connectivity index (χ2v) is 9.95. The quantitative estimate of drug-likeness (QED) is 0.275. The Morgan fingerprint density at radius 2 is 1.10 bits per heavy atom. The van der Waals surface area contributed by atoms with E-state index in [2.05, 4.69) is 0 Å². The highest BCUT2D eigenvalue weighted by Gasteiger charge is 2.31. The molecule has 0 saturated heterocycles. The summed E-state index contributed by atoms with van der Waals surface area (Å²) in [4.78, 5) is 41.4. The van der Waals surface area contributed by atoms with E-state index < -0.39 is 23.5 Å². The van der Waals surface area contributed by atoms with Crippen molar-refractivity contribution in [3.63, 3.8) is 0 Å². The van der Waals surface area contributed by atoms with Crippen molar-refractivity contribution in [2.75, 3.05) is 0 Å². The van der Waals surface area contributed by atoms with Crippen molar-refractivity contribution in [1.29, 1.82) is 0 Å². The fraction of sp³-hybridized carbons (Fsp3) is 0.952. The Bertz CT molecular complexity index is 425. The van der Waals surface area contributed by atoms with E-state index in [0.29, 0.717) is 12.8 Å². The van der Waals surface area contributed by atoms with Crippen LogP contribution in [0, 0.1) is 0 Å². The molecule has 0 bridgehead atoms. The van der Waals surface area contributed by atoms with Crippen LogP contribution in [0.3, 0.4) is 0 Å². The minimum absolute atomic E-state index is 0.373. The van der Waals surface area contributed by atoms with E-state index in [-0.39, 0.29) is 11.2 Å². The fourth-order valence-corrected chi connectivity index (χ4v) is 1.24. The first-order valence-corrected chi connectivity index (χ1v) is 10.1. The number of aliphatic carboxylic acids is 1. The second kappa shape index (κ2) is 12.8. The molecule has 176 valence electrons. The number of carboxylic acids is 1. The van der Waals surface area contributed by atoms with E-state index in [1.807, 2.05) is 55.4 Å². The van der Waals surface area contributed by atoms with Crippen LogP contribution in [0.15, 0.2) is 0 Å². The molecule has 0 aliphatic rings. The van der Waals surface area contributed by atoms with Gasteiger partial charge in [0.2, 0.25) is 5.79 Å². The largest absolute Gasteiger partial charge is 0.479 e. The van der Waals surface area contributed by atoms with Crippen LogP contribution in [-0.2, 0) is 34.1 Å². The predicted molar refractivity (Wildman–Crippen MR) is 111 cm³/mol. The zero-order chi connectivity index (χ0) is 23.5. The van der Waals surface area contributed by atoms with E-state index in [4.69, 9.17) is 34.4 Å². The van der Waals surface area contributed by atoms with Gasteiger partial charge in [0.1, 0.15) is 0 Å². The number of carboxylic acid groups (broad SMARTS) is 1. The van der Waals surface area contributed by atoms with Crippen LogP contribution in [-0.4, -0.2) is 39.8 Å². The van der Waals surface area contributed by atoms with Crippen LogP contribution < -0.4 is 0 Å². The lowest BCUT2D eigenvalue weighted by molar-refractivity contribution is -0.536. The van der Waals surface area contributed by atoms with Gasteiger partial charge in [0.25, 0.3) is 0 Å². The lowest BCUT2D eigenvalue weighted by Crippen LogP contribution is -2.38. The topological polar surface area (TPSA) is 92.7 Å². The first kappa shape index (κ1) is 30.4. The smallest absolute Gasteiger partial charge is 0.336 e. The first-order chi connectivity index (χ1) is 12.8. The van der Waals surface area contributed by atoms with Gasteiger partial charge in [-0.25, -0.2) is 24.3 Å². The minimum atomic E-state index is -0.980. The fourth-order valence-electron chi connectivity index (χ4n) is 1.24. The van der Waals surface area contributed by atoms with E-state index in [9.17, 15) is 4.79 Å². The molecule has 8 nitrogen and oxygen atoms in total. The number of hydrogen-bond donors (Lipinski definition) is 1. The molecule has 8 heteroatoms. The van der Waals surface area contributed by atoms with Gasteiger partial charge in [0.15, 0.2) is 6.10 Å². The van der Waals surface area contributed by atoms with Gasteiger partial charge in [-0.15, -0.1) is 0 Å². The Labute approximate surface area is 176 Å². The molecule has 0 aliphatic heterocycles. The van der Waals surface area contributed by atoms with Crippen molar-refractivity contribution >= 4 is 5.97 Å². The average Bonchev–Trinajstić information content (AvgIpc) is 2.53.